The Labute approximate surface area is 221 Å². The van der Waals surface area contributed by atoms with E-state index in [1.54, 1.807) is 35.9 Å². The highest BCUT2D eigenvalue weighted by Crippen LogP contribution is 2.41. The number of aryl methyl sites for hydroxylation is 1. The molecule has 0 N–H and O–H groups in total. The van der Waals surface area contributed by atoms with Crippen LogP contribution in [0.1, 0.15) is 50.6 Å². The number of nitriles is 1. The number of pyridine rings is 2. The van der Waals surface area contributed by atoms with Gasteiger partial charge in [-0.25, -0.2) is 9.37 Å². The van der Waals surface area contributed by atoms with E-state index in [1.807, 2.05) is 7.05 Å². The minimum Gasteiger partial charge on any atom is -0.454 e. The van der Waals surface area contributed by atoms with Gasteiger partial charge in [-0.2, -0.15) is 5.26 Å². The molecule has 9 heteroatoms. The van der Waals surface area contributed by atoms with Crippen LogP contribution in [0.15, 0.2) is 35.1 Å². The van der Waals surface area contributed by atoms with Crippen LogP contribution < -0.4 is 24.8 Å². The Bertz CT molecular complexity index is 1470. The summed E-state index contributed by atoms with van der Waals surface area (Å²) in [5.74, 6) is 1.40. The Hall–Kier alpha value is -3.80. The molecule has 0 radical (unpaired) electrons. The Morgan fingerprint density at radius 2 is 1.76 bits per heavy atom. The molecule has 2 aromatic heterocycles. The lowest BCUT2D eigenvalue weighted by Gasteiger charge is -2.43. The van der Waals surface area contributed by atoms with Crippen molar-refractivity contribution in [1.29, 1.82) is 5.26 Å². The molecule has 0 spiro atoms. The second-order valence-corrected chi connectivity index (χ2v) is 10.8. The van der Waals surface area contributed by atoms with Crippen LogP contribution in [0.2, 0.25) is 0 Å². The quantitative estimate of drug-likeness (QED) is 0.468. The van der Waals surface area contributed by atoms with Crippen LogP contribution in [-0.4, -0.2) is 42.0 Å². The van der Waals surface area contributed by atoms with E-state index in [1.165, 1.54) is 25.3 Å². The molecule has 1 aromatic carbocycles. The van der Waals surface area contributed by atoms with Crippen molar-refractivity contribution in [3.63, 3.8) is 0 Å². The third kappa shape index (κ3) is 4.32. The SMILES string of the molecule is Cn1c(=O)cc(N(C)[C@H]2CC[C@@H](N(CC3CCC3)c3cc4c(cc3F)OCO4)CC2)c2nc(C#N)ccc21. The van der Waals surface area contributed by atoms with Gasteiger partial charge in [0.1, 0.15) is 23.1 Å². The molecule has 2 fully saturated rings. The molecule has 2 saturated carbocycles. The van der Waals surface area contributed by atoms with Crippen LogP contribution >= 0.6 is 0 Å². The molecule has 0 saturated heterocycles. The number of benzene rings is 1. The van der Waals surface area contributed by atoms with E-state index in [0.717, 1.165) is 37.9 Å². The minimum absolute atomic E-state index is 0.107. The average Bonchev–Trinajstić information content (AvgIpc) is 3.36. The number of halogens is 1. The summed E-state index contributed by atoms with van der Waals surface area (Å²) in [6.45, 7) is 0.974. The van der Waals surface area contributed by atoms with Gasteiger partial charge in [-0.1, -0.05) is 6.42 Å². The summed E-state index contributed by atoms with van der Waals surface area (Å²) in [6, 6.07) is 10.8. The number of ether oxygens (including phenoxy) is 2. The highest BCUT2D eigenvalue weighted by atomic mass is 19.1. The number of nitrogens with zero attached hydrogens (tertiary/aromatic N) is 5. The summed E-state index contributed by atoms with van der Waals surface area (Å²) in [7, 11) is 3.73. The zero-order valence-corrected chi connectivity index (χ0v) is 21.8. The lowest BCUT2D eigenvalue weighted by atomic mass is 9.83. The molecule has 1 aliphatic heterocycles. The summed E-state index contributed by atoms with van der Waals surface area (Å²) in [6.07, 6.45) is 7.26. The second-order valence-electron chi connectivity index (χ2n) is 10.8. The van der Waals surface area contributed by atoms with Crippen LogP contribution in [-0.2, 0) is 7.05 Å². The van der Waals surface area contributed by atoms with Gasteiger partial charge in [0.05, 0.1) is 16.9 Å². The molecule has 0 bridgehead atoms. The maximum atomic E-state index is 15.3. The van der Waals surface area contributed by atoms with Crippen molar-refractivity contribution in [3.05, 3.63) is 52.2 Å². The predicted octanol–water partition coefficient (Wildman–Crippen LogP) is 4.73. The second kappa shape index (κ2) is 9.82. The zero-order valence-electron chi connectivity index (χ0n) is 21.8. The molecule has 0 unspecified atom stereocenters. The molecular formula is C29H32FN5O3. The van der Waals surface area contributed by atoms with Crippen molar-refractivity contribution >= 4 is 22.4 Å². The zero-order chi connectivity index (χ0) is 26.4. The first-order valence-corrected chi connectivity index (χ1v) is 13.4. The number of hydrogen-bond acceptors (Lipinski definition) is 7. The van der Waals surface area contributed by atoms with Crippen LogP contribution in [0.25, 0.3) is 11.0 Å². The molecular weight excluding hydrogens is 485 g/mol. The molecule has 2 aliphatic carbocycles. The molecule has 38 heavy (non-hydrogen) atoms. The number of rotatable bonds is 6. The van der Waals surface area contributed by atoms with E-state index in [0.29, 0.717) is 39.8 Å². The molecule has 198 valence electrons. The first-order valence-electron chi connectivity index (χ1n) is 13.4. The maximum absolute atomic E-state index is 15.3. The summed E-state index contributed by atoms with van der Waals surface area (Å²) in [4.78, 5) is 21.7. The Morgan fingerprint density at radius 1 is 1.05 bits per heavy atom. The van der Waals surface area contributed by atoms with Gasteiger partial charge in [-0.3, -0.25) is 4.79 Å². The molecule has 3 aliphatic rings. The van der Waals surface area contributed by atoms with Crippen molar-refractivity contribution in [3.8, 4) is 17.6 Å². The lowest BCUT2D eigenvalue weighted by molar-refractivity contribution is 0.174. The molecule has 8 nitrogen and oxygen atoms in total. The van der Waals surface area contributed by atoms with Gasteiger partial charge in [0, 0.05) is 50.9 Å². The molecule has 0 amide bonds. The van der Waals surface area contributed by atoms with Gasteiger partial charge in [0.15, 0.2) is 11.5 Å². The highest BCUT2D eigenvalue weighted by Gasteiger charge is 2.33. The summed E-state index contributed by atoms with van der Waals surface area (Å²) in [5, 5.41) is 9.39. The molecule has 3 heterocycles. The summed E-state index contributed by atoms with van der Waals surface area (Å²) in [5.41, 5.74) is 2.93. The van der Waals surface area contributed by atoms with E-state index in [9.17, 15) is 10.1 Å². The van der Waals surface area contributed by atoms with E-state index in [-0.39, 0.29) is 30.3 Å². The highest BCUT2D eigenvalue weighted by molar-refractivity contribution is 5.88. The number of aromatic nitrogens is 2. The number of hydrogen-bond donors (Lipinski definition) is 0. The average molecular weight is 518 g/mol. The first kappa shape index (κ1) is 24.5. The van der Waals surface area contributed by atoms with Crippen LogP contribution in [0.3, 0.4) is 0 Å². The fourth-order valence-corrected chi connectivity index (χ4v) is 6.12. The van der Waals surface area contributed by atoms with Crippen molar-refractivity contribution in [1.82, 2.24) is 9.55 Å². The number of anilines is 2. The molecule has 6 rings (SSSR count). The molecule has 0 atom stereocenters. The first-order chi connectivity index (χ1) is 18.4. The normalized spacial score (nSPS) is 20.7. The van der Waals surface area contributed by atoms with E-state index in [2.05, 4.69) is 20.9 Å². The van der Waals surface area contributed by atoms with Gasteiger partial charge in [-0.05, 0) is 56.6 Å². The number of fused-ring (bicyclic) bond motifs is 2. The van der Waals surface area contributed by atoms with Gasteiger partial charge in [0.2, 0.25) is 6.79 Å². The van der Waals surface area contributed by atoms with E-state index < -0.39 is 0 Å². The predicted molar refractivity (Wildman–Crippen MR) is 143 cm³/mol. The van der Waals surface area contributed by atoms with Crippen LogP contribution in [0, 0.1) is 23.1 Å². The lowest BCUT2D eigenvalue weighted by Crippen LogP contribution is -2.46. The largest absolute Gasteiger partial charge is 0.454 e. The summed E-state index contributed by atoms with van der Waals surface area (Å²) < 4.78 is 27.8. The van der Waals surface area contributed by atoms with Gasteiger partial charge in [-0.15, -0.1) is 0 Å². The van der Waals surface area contributed by atoms with E-state index in [4.69, 9.17) is 9.47 Å². The van der Waals surface area contributed by atoms with Gasteiger partial charge in [0.25, 0.3) is 5.56 Å². The van der Waals surface area contributed by atoms with Crippen molar-refractivity contribution in [2.45, 2.75) is 57.0 Å². The van der Waals surface area contributed by atoms with Crippen LogP contribution in [0.4, 0.5) is 15.8 Å². The van der Waals surface area contributed by atoms with Crippen molar-refractivity contribution < 1.29 is 13.9 Å². The van der Waals surface area contributed by atoms with Gasteiger partial charge < -0.3 is 23.8 Å². The van der Waals surface area contributed by atoms with Crippen molar-refractivity contribution in [2.75, 3.05) is 30.2 Å². The Balaban J connectivity index is 1.25. The molecule has 3 aromatic rings. The summed E-state index contributed by atoms with van der Waals surface area (Å²) >= 11 is 0. The third-order valence-corrected chi connectivity index (χ3v) is 8.65. The minimum atomic E-state index is -0.265. The fraction of sp³-hybridized carbons (Fsp3) is 0.483. The van der Waals surface area contributed by atoms with Crippen molar-refractivity contribution in [2.24, 2.45) is 13.0 Å². The third-order valence-electron chi connectivity index (χ3n) is 8.65. The maximum Gasteiger partial charge on any atom is 0.252 e. The van der Waals surface area contributed by atoms with E-state index >= 15 is 4.39 Å². The topological polar surface area (TPSA) is 83.6 Å². The Morgan fingerprint density at radius 3 is 2.45 bits per heavy atom. The monoisotopic (exact) mass is 517 g/mol. The fourth-order valence-electron chi connectivity index (χ4n) is 6.12. The standard InChI is InChI=1S/C29H32FN5O3/c1-33(25-14-28(36)34(2)23-11-6-19(15-31)32-29(23)25)20-7-9-21(10-8-20)35(16-18-4-3-5-18)24-13-27-26(12-22(24)30)37-17-38-27/h6,11-14,18,20-21H,3-5,7-10,16-17H2,1-2H3/t20-,21+. The Kier molecular flexibility index (Phi) is 6.34. The van der Waals surface area contributed by atoms with Gasteiger partial charge >= 0.3 is 0 Å². The smallest absolute Gasteiger partial charge is 0.252 e. The van der Waals surface area contributed by atoms with Crippen LogP contribution in [0.5, 0.6) is 11.5 Å².